The topological polar surface area (TPSA) is 26.3 Å². The fourth-order valence-electron chi connectivity index (χ4n) is 1.52. The number of ether oxygens (including phenoxy) is 1. The van der Waals surface area contributed by atoms with Crippen molar-refractivity contribution in [3.63, 3.8) is 0 Å². The molecule has 1 aromatic rings. The van der Waals surface area contributed by atoms with Crippen LogP contribution in [0, 0.1) is 6.92 Å². The van der Waals surface area contributed by atoms with Crippen LogP contribution in [0.5, 0.6) is 5.75 Å². The highest BCUT2D eigenvalue weighted by atomic mass is 35.5. The van der Waals surface area contributed by atoms with E-state index in [2.05, 4.69) is 0 Å². The van der Waals surface area contributed by atoms with Gasteiger partial charge >= 0.3 is 0 Å². The number of benzene rings is 1. The molecule has 3 heteroatoms. The van der Waals surface area contributed by atoms with Gasteiger partial charge in [-0.3, -0.25) is 4.79 Å². The lowest BCUT2D eigenvalue weighted by atomic mass is 10.0. The molecule has 0 aliphatic heterocycles. The zero-order valence-electron chi connectivity index (χ0n) is 9.26. The van der Waals surface area contributed by atoms with E-state index in [0.29, 0.717) is 22.9 Å². The minimum absolute atomic E-state index is 0.551. The van der Waals surface area contributed by atoms with Crippen molar-refractivity contribution in [1.29, 1.82) is 0 Å². The zero-order chi connectivity index (χ0) is 11.4. The van der Waals surface area contributed by atoms with E-state index in [1.54, 1.807) is 0 Å². The summed E-state index contributed by atoms with van der Waals surface area (Å²) < 4.78 is 5.50. The van der Waals surface area contributed by atoms with Gasteiger partial charge in [-0.15, -0.1) is 0 Å². The second-order valence-corrected chi connectivity index (χ2v) is 3.70. The molecule has 0 N–H and O–H groups in total. The van der Waals surface area contributed by atoms with E-state index in [1.165, 1.54) is 0 Å². The number of hydrogen-bond acceptors (Lipinski definition) is 2. The summed E-state index contributed by atoms with van der Waals surface area (Å²) in [5.41, 5.74) is 2.34. The minimum Gasteiger partial charge on any atom is -0.493 e. The number of carbonyl (C=O) groups excluding carboxylic acids is 1. The number of hydrogen-bond donors (Lipinski definition) is 0. The van der Waals surface area contributed by atoms with Crippen LogP contribution >= 0.6 is 11.6 Å². The maximum Gasteiger partial charge on any atom is 0.154 e. The number of halogens is 1. The first kappa shape index (κ1) is 12.1. The van der Waals surface area contributed by atoms with Gasteiger partial charge in [-0.2, -0.15) is 0 Å². The molecule has 0 aliphatic carbocycles. The van der Waals surface area contributed by atoms with E-state index in [0.717, 1.165) is 23.8 Å². The van der Waals surface area contributed by atoms with Crippen molar-refractivity contribution in [1.82, 2.24) is 0 Å². The van der Waals surface area contributed by atoms with Crippen LogP contribution in [0.4, 0.5) is 0 Å². The number of carbonyl (C=O) groups is 1. The molecular weight excluding hydrogens is 212 g/mol. The predicted octanol–water partition coefficient (Wildman–Crippen LogP) is 3.42. The molecule has 0 atom stereocenters. The van der Waals surface area contributed by atoms with Gasteiger partial charge < -0.3 is 4.74 Å². The fourth-order valence-corrected chi connectivity index (χ4v) is 1.75. The van der Waals surface area contributed by atoms with Crippen molar-refractivity contribution in [2.75, 3.05) is 6.61 Å². The summed E-state index contributed by atoms with van der Waals surface area (Å²) in [6.07, 6.45) is 1.61. The molecule has 82 valence electrons. The highest BCUT2D eigenvalue weighted by Gasteiger charge is 2.14. The van der Waals surface area contributed by atoms with E-state index in [4.69, 9.17) is 16.3 Å². The molecule has 0 heterocycles. The molecule has 0 bridgehead atoms. The quantitative estimate of drug-likeness (QED) is 0.736. The summed E-state index contributed by atoms with van der Waals surface area (Å²) in [6.45, 7) is 6.29. The zero-order valence-corrected chi connectivity index (χ0v) is 10.0. The Morgan fingerprint density at radius 3 is 2.60 bits per heavy atom. The van der Waals surface area contributed by atoms with Crippen LogP contribution in [-0.2, 0) is 6.42 Å². The average Bonchev–Trinajstić information content (AvgIpc) is 2.24. The van der Waals surface area contributed by atoms with Gasteiger partial charge in [0.2, 0.25) is 0 Å². The summed E-state index contributed by atoms with van der Waals surface area (Å²) in [6, 6.07) is 1.87. The molecule has 0 aliphatic rings. The third-order valence-electron chi connectivity index (χ3n) is 2.39. The Morgan fingerprint density at radius 1 is 1.47 bits per heavy atom. The maximum absolute atomic E-state index is 11.0. The van der Waals surface area contributed by atoms with E-state index in [1.807, 2.05) is 26.8 Å². The SMILES string of the molecule is CCOc1c(CC)cc(Cl)c(C)c1C=O. The van der Waals surface area contributed by atoms with Crippen LogP contribution in [0.2, 0.25) is 5.02 Å². The number of rotatable bonds is 4. The van der Waals surface area contributed by atoms with Gasteiger partial charge in [-0.25, -0.2) is 0 Å². The maximum atomic E-state index is 11.0. The molecule has 0 unspecified atom stereocenters. The molecule has 0 aromatic heterocycles. The molecule has 15 heavy (non-hydrogen) atoms. The lowest BCUT2D eigenvalue weighted by molar-refractivity contribution is 0.111. The van der Waals surface area contributed by atoms with Gasteiger partial charge in [0.25, 0.3) is 0 Å². The highest BCUT2D eigenvalue weighted by molar-refractivity contribution is 6.31. The van der Waals surface area contributed by atoms with Crippen LogP contribution in [0.25, 0.3) is 0 Å². The third kappa shape index (κ3) is 2.32. The average molecular weight is 227 g/mol. The smallest absolute Gasteiger partial charge is 0.154 e. The van der Waals surface area contributed by atoms with Crippen LogP contribution in [-0.4, -0.2) is 12.9 Å². The number of aldehydes is 1. The molecule has 0 fully saturated rings. The van der Waals surface area contributed by atoms with E-state index >= 15 is 0 Å². The molecule has 0 saturated carbocycles. The first-order valence-electron chi connectivity index (χ1n) is 5.05. The van der Waals surface area contributed by atoms with Crippen LogP contribution in [0.3, 0.4) is 0 Å². The van der Waals surface area contributed by atoms with Gasteiger partial charge in [0.05, 0.1) is 12.2 Å². The molecule has 0 spiro atoms. The van der Waals surface area contributed by atoms with Gasteiger partial charge in [0, 0.05) is 5.02 Å². The Balaban J connectivity index is 3.41. The monoisotopic (exact) mass is 226 g/mol. The highest BCUT2D eigenvalue weighted by Crippen LogP contribution is 2.31. The van der Waals surface area contributed by atoms with Crippen LogP contribution in [0.15, 0.2) is 6.07 Å². The molecule has 1 rings (SSSR count). The minimum atomic E-state index is 0.551. The lowest BCUT2D eigenvalue weighted by Gasteiger charge is -2.14. The Bertz CT molecular complexity index is 372. The normalized spacial score (nSPS) is 10.1. The fraction of sp³-hybridized carbons (Fsp3) is 0.417. The second kappa shape index (κ2) is 5.17. The summed E-state index contributed by atoms with van der Waals surface area (Å²) in [4.78, 5) is 11.0. The van der Waals surface area contributed by atoms with Crippen LogP contribution < -0.4 is 4.74 Å². The summed E-state index contributed by atoms with van der Waals surface area (Å²) in [5, 5.41) is 0.623. The first-order chi connectivity index (χ1) is 7.15. The molecule has 0 saturated heterocycles. The van der Waals surface area contributed by atoms with Crippen molar-refractivity contribution >= 4 is 17.9 Å². The van der Waals surface area contributed by atoms with Crippen molar-refractivity contribution in [3.05, 3.63) is 27.8 Å². The summed E-state index contributed by atoms with van der Waals surface area (Å²) in [7, 11) is 0. The first-order valence-corrected chi connectivity index (χ1v) is 5.43. The van der Waals surface area contributed by atoms with Crippen molar-refractivity contribution < 1.29 is 9.53 Å². The van der Waals surface area contributed by atoms with Gasteiger partial charge in [0.15, 0.2) is 6.29 Å². The standard InChI is InChI=1S/C12H15ClO2/c1-4-9-6-11(13)8(3)10(7-14)12(9)15-5-2/h6-7H,4-5H2,1-3H3. The third-order valence-corrected chi connectivity index (χ3v) is 2.78. The lowest BCUT2D eigenvalue weighted by Crippen LogP contribution is -2.02. The van der Waals surface area contributed by atoms with Crippen molar-refractivity contribution in [2.24, 2.45) is 0 Å². The molecule has 1 aromatic carbocycles. The Kier molecular flexibility index (Phi) is 4.15. The van der Waals surface area contributed by atoms with E-state index in [9.17, 15) is 4.79 Å². The van der Waals surface area contributed by atoms with Crippen molar-refractivity contribution in [2.45, 2.75) is 27.2 Å². The summed E-state index contributed by atoms with van der Waals surface area (Å²) >= 11 is 6.03. The molecule has 0 radical (unpaired) electrons. The molecule has 0 amide bonds. The number of aryl methyl sites for hydroxylation is 1. The van der Waals surface area contributed by atoms with Gasteiger partial charge in [-0.05, 0) is 37.5 Å². The Labute approximate surface area is 95.2 Å². The van der Waals surface area contributed by atoms with Crippen molar-refractivity contribution in [3.8, 4) is 5.75 Å². The van der Waals surface area contributed by atoms with E-state index in [-0.39, 0.29) is 0 Å². The van der Waals surface area contributed by atoms with Gasteiger partial charge in [-0.1, -0.05) is 18.5 Å². The summed E-state index contributed by atoms with van der Waals surface area (Å²) in [5.74, 6) is 0.678. The van der Waals surface area contributed by atoms with Gasteiger partial charge in [0.1, 0.15) is 5.75 Å². The largest absolute Gasteiger partial charge is 0.493 e. The predicted molar refractivity (Wildman–Crippen MR) is 62.1 cm³/mol. The second-order valence-electron chi connectivity index (χ2n) is 3.29. The molecule has 2 nitrogen and oxygen atoms in total. The van der Waals surface area contributed by atoms with E-state index < -0.39 is 0 Å². The molecular formula is C12H15ClO2. The Hall–Kier alpha value is -1.02. The Morgan fingerprint density at radius 2 is 2.13 bits per heavy atom. The van der Waals surface area contributed by atoms with Crippen LogP contribution in [0.1, 0.15) is 35.3 Å².